The standard InChI is InChI=1S/C15H23ClO4/c1-14(2)9-11(17)15(16,12(18)10-14)8-6-4-5-7-13(19)20-3/h4-10H2,1-3H3. The number of halogens is 1. The van der Waals surface area contributed by atoms with Crippen molar-refractivity contribution < 1.29 is 19.1 Å². The van der Waals surface area contributed by atoms with Gasteiger partial charge in [0.05, 0.1) is 7.11 Å². The van der Waals surface area contributed by atoms with Crippen LogP contribution >= 0.6 is 11.6 Å². The van der Waals surface area contributed by atoms with Gasteiger partial charge >= 0.3 is 5.97 Å². The predicted octanol–water partition coefficient (Wildman–Crippen LogP) is 3.05. The first kappa shape index (κ1) is 17.2. The number of hydrogen-bond donors (Lipinski definition) is 0. The van der Waals surface area contributed by atoms with Gasteiger partial charge in [-0.3, -0.25) is 14.4 Å². The Balaban J connectivity index is 2.44. The lowest BCUT2D eigenvalue weighted by molar-refractivity contribution is -0.141. The molecule has 0 aromatic heterocycles. The zero-order valence-electron chi connectivity index (χ0n) is 12.5. The van der Waals surface area contributed by atoms with Crippen LogP contribution in [0, 0.1) is 5.41 Å². The number of Topliss-reactive ketones (excluding diaryl/α,β-unsaturated/α-hetero) is 2. The fraction of sp³-hybridized carbons (Fsp3) is 0.800. The lowest BCUT2D eigenvalue weighted by Crippen LogP contribution is -2.49. The monoisotopic (exact) mass is 302 g/mol. The molecular formula is C15H23ClO4. The molecule has 0 bridgehead atoms. The normalized spacial score (nSPS) is 20.8. The summed E-state index contributed by atoms with van der Waals surface area (Å²) < 4.78 is 4.55. The number of esters is 1. The van der Waals surface area contributed by atoms with Gasteiger partial charge in [0.25, 0.3) is 0 Å². The van der Waals surface area contributed by atoms with Crippen LogP contribution in [0.5, 0.6) is 0 Å². The van der Waals surface area contributed by atoms with Gasteiger partial charge in [-0.25, -0.2) is 0 Å². The number of alkyl halides is 1. The molecule has 0 saturated heterocycles. The number of ketones is 2. The molecule has 5 heteroatoms. The van der Waals surface area contributed by atoms with Crippen LogP contribution in [0.25, 0.3) is 0 Å². The quantitative estimate of drug-likeness (QED) is 0.327. The van der Waals surface area contributed by atoms with Crippen LogP contribution in [0.2, 0.25) is 0 Å². The van der Waals surface area contributed by atoms with E-state index in [9.17, 15) is 14.4 Å². The molecule has 0 aliphatic heterocycles. The summed E-state index contributed by atoms with van der Waals surface area (Å²) in [5, 5.41) is 0. The molecule has 0 amide bonds. The Bertz CT molecular complexity index is 381. The fourth-order valence-electron chi connectivity index (χ4n) is 2.56. The van der Waals surface area contributed by atoms with E-state index in [2.05, 4.69) is 4.74 Å². The molecule has 1 rings (SSSR count). The molecule has 0 aromatic carbocycles. The van der Waals surface area contributed by atoms with E-state index in [1.807, 2.05) is 13.8 Å². The summed E-state index contributed by atoms with van der Waals surface area (Å²) in [5.41, 5.74) is -0.280. The number of rotatable bonds is 6. The van der Waals surface area contributed by atoms with Crippen LogP contribution in [-0.2, 0) is 19.1 Å². The van der Waals surface area contributed by atoms with Gasteiger partial charge in [-0.2, -0.15) is 0 Å². The SMILES string of the molecule is COC(=O)CCCCCC1(Cl)C(=O)CC(C)(C)CC1=O. The molecule has 4 nitrogen and oxygen atoms in total. The molecule has 114 valence electrons. The lowest BCUT2D eigenvalue weighted by Gasteiger charge is -2.37. The van der Waals surface area contributed by atoms with Crippen molar-refractivity contribution in [2.75, 3.05) is 7.11 Å². The smallest absolute Gasteiger partial charge is 0.305 e. The van der Waals surface area contributed by atoms with Crippen LogP contribution in [0.4, 0.5) is 0 Å². The largest absolute Gasteiger partial charge is 0.469 e. The molecule has 1 aliphatic rings. The second-order valence-corrected chi connectivity index (χ2v) is 6.95. The Morgan fingerprint density at radius 1 is 1.15 bits per heavy atom. The van der Waals surface area contributed by atoms with E-state index in [0.717, 1.165) is 6.42 Å². The molecule has 0 radical (unpaired) electrons. The second-order valence-electron chi connectivity index (χ2n) is 6.30. The Kier molecular flexibility index (Phi) is 5.75. The Hall–Kier alpha value is -0.900. The van der Waals surface area contributed by atoms with Crippen molar-refractivity contribution in [3.8, 4) is 0 Å². The zero-order valence-corrected chi connectivity index (χ0v) is 13.2. The van der Waals surface area contributed by atoms with Crippen molar-refractivity contribution in [1.29, 1.82) is 0 Å². The average molecular weight is 303 g/mol. The van der Waals surface area contributed by atoms with Gasteiger partial charge in [-0.05, 0) is 18.3 Å². The van der Waals surface area contributed by atoms with Crippen LogP contribution in [-0.4, -0.2) is 29.5 Å². The maximum absolute atomic E-state index is 12.1. The minimum Gasteiger partial charge on any atom is -0.469 e. The molecule has 0 N–H and O–H groups in total. The van der Waals surface area contributed by atoms with Crippen LogP contribution < -0.4 is 0 Å². The van der Waals surface area contributed by atoms with Gasteiger partial charge in [0, 0.05) is 19.3 Å². The van der Waals surface area contributed by atoms with Gasteiger partial charge in [-0.1, -0.05) is 26.7 Å². The van der Waals surface area contributed by atoms with E-state index in [1.165, 1.54) is 7.11 Å². The molecule has 0 aromatic rings. The number of methoxy groups -OCH3 is 1. The Morgan fingerprint density at radius 3 is 2.20 bits per heavy atom. The number of ether oxygens (including phenoxy) is 1. The number of unbranched alkanes of at least 4 members (excludes halogenated alkanes) is 2. The van der Waals surface area contributed by atoms with E-state index < -0.39 is 4.87 Å². The van der Waals surface area contributed by atoms with E-state index in [4.69, 9.17) is 11.6 Å². The second kappa shape index (κ2) is 6.70. The third-order valence-corrected chi connectivity index (χ3v) is 4.40. The highest BCUT2D eigenvalue weighted by Gasteiger charge is 2.49. The van der Waals surface area contributed by atoms with Crippen LogP contribution in [0.15, 0.2) is 0 Å². The van der Waals surface area contributed by atoms with Gasteiger partial charge < -0.3 is 4.74 Å². The first-order valence-corrected chi connectivity index (χ1v) is 7.41. The van der Waals surface area contributed by atoms with Crippen LogP contribution in [0.3, 0.4) is 0 Å². The molecule has 1 saturated carbocycles. The first-order valence-electron chi connectivity index (χ1n) is 7.04. The maximum atomic E-state index is 12.1. The summed E-state index contributed by atoms with van der Waals surface area (Å²) >= 11 is 6.28. The topological polar surface area (TPSA) is 60.4 Å². The highest BCUT2D eigenvalue weighted by atomic mass is 35.5. The number of carbonyl (C=O) groups is 3. The van der Waals surface area contributed by atoms with Crippen molar-refractivity contribution >= 4 is 29.1 Å². The molecule has 0 spiro atoms. The Labute approximate surface area is 125 Å². The molecule has 1 fully saturated rings. The van der Waals surface area contributed by atoms with Gasteiger partial charge in [0.15, 0.2) is 16.4 Å². The summed E-state index contributed by atoms with van der Waals surface area (Å²) in [6, 6.07) is 0. The molecule has 0 unspecified atom stereocenters. The summed E-state index contributed by atoms with van der Waals surface area (Å²) in [5.74, 6) is -0.557. The van der Waals surface area contributed by atoms with Crippen LogP contribution in [0.1, 0.15) is 58.8 Å². The van der Waals surface area contributed by atoms with Crippen molar-refractivity contribution in [2.24, 2.45) is 5.41 Å². The highest BCUT2D eigenvalue weighted by molar-refractivity contribution is 6.47. The van der Waals surface area contributed by atoms with Gasteiger partial charge in [0.1, 0.15) is 0 Å². The van der Waals surface area contributed by atoms with Crippen molar-refractivity contribution in [2.45, 2.75) is 63.7 Å². The minimum atomic E-state index is -1.33. The fourth-order valence-corrected chi connectivity index (χ4v) is 2.83. The molecule has 0 atom stereocenters. The predicted molar refractivity (Wildman–Crippen MR) is 76.7 cm³/mol. The molecule has 1 aliphatic carbocycles. The lowest BCUT2D eigenvalue weighted by atomic mass is 9.70. The third-order valence-electron chi connectivity index (χ3n) is 3.79. The average Bonchev–Trinajstić information content (AvgIpc) is 2.34. The summed E-state index contributed by atoms with van der Waals surface area (Å²) in [6.07, 6.45) is 3.54. The van der Waals surface area contributed by atoms with Crippen molar-refractivity contribution in [3.05, 3.63) is 0 Å². The summed E-state index contributed by atoms with van der Waals surface area (Å²) in [7, 11) is 1.36. The van der Waals surface area contributed by atoms with Gasteiger partial charge in [-0.15, -0.1) is 11.6 Å². The van der Waals surface area contributed by atoms with Crippen molar-refractivity contribution in [3.63, 3.8) is 0 Å². The van der Waals surface area contributed by atoms with Gasteiger partial charge in [0.2, 0.25) is 0 Å². The third kappa shape index (κ3) is 4.30. The summed E-state index contributed by atoms with van der Waals surface area (Å²) in [4.78, 5) is 33.9. The highest BCUT2D eigenvalue weighted by Crippen LogP contribution is 2.41. The maximum Gasteiger partial charge on any atom is 0.305 e. The van der Waals surface area contributed by atoms with E-state index in [-0.39, 0.29) is 23.0 Å². The molecule has 0 heterocycles. The van der Waals surface area contributed by atoms with E-state index >= 15 is 0 Å². The van der Waals surface area contributed by atoms with E-state index in [1.54, 1.807) is 0 Å². The Morgan fingerprint density at radius 2 is 1.70 bits per heavy atom. The number of carbonyl (C=O) groups excluding carboxylic acids is 3. The summed E-state index contributed by atoms with van der Waals surface area (Å²) in [6.45, 7) is 3.82. The van der Waals surface area contributed by atoms with E-state index in [0.29, 0.717) is 38.5 Å². The van der Waals surface area contributed by atoms with Crippen molar-refractivity contribution in [1.82, 2.24) is 0 Å². The number of hydrogen-bond acceptors (Lipinski definition) is 4. The minimum absolute atomic E-state index is 0.159. The first-order chi connectivity index (χ1) is 9.21. The molecular weight excluding hydrogens is 280 g/mol. The zero-order chi connectivity index (χ0) is 15.4. The molecule has 20 heavy (non-hydrogen) atoms.